The number of nitrogens with zero attached hydrogens (tertiary/aromatic N) is 1. The summed E-state index contributed by atoms with van der Waals surface area (Å²) >= 11 is 0. The lowest BCUT2D eigenvalue weighted by Crippen LogP contribution is -2.47. The van der Waals surface area contributed by atoms with E-state index < -0.39 is 5.60 Å². The van der Waals surface area contributed by atoms with Crippen LogP contribution in [0.4, 0.5) is 4.79 Å². The van der Waals surface area contributed by atoms with Crippen molar-refractivity contribution < 1.29 is 14.6 Å². The van der Waals surface area contributed by atoms with Crippen LogP contribution in [0.5, 0.6) is 0 Å². The summed E-state index contributed by atoms with van der Waals surface area (Å²) in [6.45, 7) is 6.76. The second-order valence-corrected chi connectivity index (χ2v) is 7.19. The van der Waals surface area contributed by atoms with E-state index in [1.54, 1.807) is 0 Å². The molecule has 0 bridgehead atoms. The third-order valence-corrected chi connectivity index (χ3v) is 4.22. The molecule has 0 aromatic carbocycles. The highest BCUT2D eigenvalue weighted by atomic mass is 16.6. The molecule has 4 nitrogen and oxygen atoms in total. The van der Waals surface area contributed by atoms with Crippen LogP contribution in [0.15, 0.2) is 0 Å². The average molecular weight is 269 g/mol. The fourth-order valence-electron chi connectivity index (χ4n) is 2.88. The quantitative estimate of drug-likeness (QED) is 0.857. The van der Waals surface area contributed by atoms with Crippen molar-refractivity contribution in [2.75, 3.05) is 13.2 Å². The van der Waals surface area contributed by atoms with Crippen molar-refractivity contribution in [2.45, 2.75) is 70.9 Å². The molecule has 1 atom stereocenters. The Morgan fingerprint density at radius 3 is 2.58 bits per heavy atom. The molecule has 1 unspecified atom stereocenters. The number of hydrogen-bond donors (Lipinski definition) is 1. The predicted octanol–water partition coefficient (Wildman–Crippen LogP) is 2.94. The zero-order chi connectivity index (χ0) is 14.1. The third kappa shape index (κ3) is 3.85. The van der Waals surface area contributed by atoms with E-state index in [1.165, 1.54) is 6.42 Å². The Hall–Kier alpha value is -0.770. The molecule has 0 aromatic heterocycles. The third-order valence-electron chi connectivity index (χ3n) is 4.22. The van der Waals surface area contributed by atoms with Crippen molar-refractivity contribution in [3.63, 3.8) is 0 Å². The van der Waals surface area contributed by atoms with E-state index in [1.807, 2.05) is 25.7 Å². The van der Waals surface area contributed by atoms with Crippen LogP contribution >= 0.6 is 0 Å². The smallest absolute Gasteiger partial charge is 0.410 e. The Labute approximate surface area is 116 Å². The largest absolute Gasteiger partial charge is 0.444 e. The number of hydrogen-bond acceptors (Lipinski definition) is 3. The first kappa shape index (κ1) is 14.6. The van der Waals surface area contributed by atoms with E-state index >= 15 is 0 Å². The molecule has 2 fully saturated rings. The van der Waals surface area contributed by atoms with Gasteiger partial charge in [0.1, 0.15) is 5.60 Å². The average Bonchev–Trinajstić information content (AvgIpc) is 3.08. The van der Waals surface area contributed by atoms with Crippen molar-refractivity contribution in [1.29, 1.82) is 0 Å². The summed E-state index contributed by atoms with van der Waals surface area (Å²) in [6.07, 6.45) is 6.22. The summed E-state index contributed by atoms with van der Waals surface area (Å²) in [6, 6.07) is 0.248. The summed E-state index contributed by atoms with van der Waals surface area (Å²) in [5.41, 5.74) is -0.338. The first-order valence-electron chi connectivity index (χ1n) is 7.46. The number of piperidine rings is 1. The summed E-state index contributed by atoms with van der Waals surface area (Å²) in [5.74, 6) is 0. The van der Waals surface area contributed by atoms with Crippen molar-refractivity contribution in [2.24, 2.45) is 5.41 Å². The van der Waals surface area contributed by atoms with Gasteiger partial charge in [0.25, 0.3) is 0 Å². The maximum atomic E-state index is 12.3. The Kier molecular flexibility index (Phi) is 4.09. The number of amides is 1. The number of carbonyl (C=O) groups is 1. The number of ether oxygens (including phenoxy) is 1. The van der Waals surface area contributed by atoms with Crippen LogP contribution in [-0.4, -0.2) is 40.9 Å². The highest BCUT2D eigenvalue weighted by molar-refractivity contribution is 5.68. The molecule has 1 heterocycles. The Bertz CT molecular complexity index is 331. The van der Waals surface area contributed by atoms with Crippen LogP contribution in [0, 0.1) is 5.41 Å². The molecular weight excluding hydrogens is 242 g/mol. The number of rotatable bonds is 3. The lowest BCUT2D eigenvalue weighted by molar-refractivity contribution is 0.00452. The molecule has 1 N–H and O–H groups in total. The fraction of sp³-hybridized carbons (Fsp3) is 0.933. The monoisotopic (exact) mass is 269 g/mol. The predicted molar refractivity (Wildman–Crippen MR) is 73.9 cm³/mol. The zero-order valence-corrected chi connectivity index (χ0v) is 12.4. The van der Waals surface area contributed by atoms with Gasteiger partial charge in [-0.1, -0.05) is 0 Å². The molecule has 0 aromatic rings. The summed E-state index contributed by atoms with van der Waals surface area (Å²) in [4.78, 5) is 14.2. The maximum Gasteiger partial charge on any atom is 0.410 e. The number of aliphatic hydroxyl groups is 1. The van der Waals surface area contributed by atoms with E-state index in [0.29, 0.717) is 0 Å². The van der Waals surface area contributed by atoms with Gasteiger partial charge >= 0.3 is 6.09 Å². The topological polar surface area (TPSA) is 49.8 Å². The standard InChI is InChI=1S/C15H27NO3/c1-14(2,3)19-13(18)16-9-5-4-6-12(16)10-15(11-17)7-8-15/h12,17H,4-11H2,1-3H3. The molecule has 1 saturated heterocycles. The normalized spacial score (nSPS) is 26.1. The second-order valence-electron chi connectivity index (χ2n) is 7.19. The minimum atomic E-state index is -0.437. The lowest BCUT2D eigenvalue weighted by Gasteiger charge is -2.38. The summed E-state index contributed by atoms with van der Waals surface area (Å²) < 4.78 is 5.50. The highest BCUT2D eigenvalue weighted by Gasteiger charge is 2.45. The first-order chi connectivity index (χ1) is 8.85. The van der Waals surface area contributed by atoms with Crippen LogP contribution in [0.3, 0.4) is 0 Å². The van der Waals surface area contributed by atoms with Crippen molar-refractivity contribution in [3.8, 4) is 0 Å². The molecule has 19 heavy (non-hydrogen) atoms. The maximum absolute atomic E-state index is 12.3. The van der Waals surface area contributed by atoms with Gasteiger partial charge in [0.15, 0.2) is 0 Å². The Morgan fingerprint density at radius 1 is 1.37 bits per heavy atom. The van der Waals surface area contributed by atoms with Crippen LogP contribution < -0.4 is 0 Å². The van der Waals surface area contributed by atoms with Crippen LogP contribution in [-0.2, 0) is 4.74 Å². The minimum Gasteiger partial charge on any atom is -0.444 e. The van der Waals surface area contributed by atoms with Gasteiger partial charge in [0.05, 0.1) is 0 Å². The molecule has 1 aliphatic heterocycles. The molecule has 0 spiro atoms. The van der Waals surface area contributed by atoms with Gasteiger partial charge in [-0.2, -0.15) is 0 Å². The number of carbonyl (C=O) groups excluding carboxylic acids is 1. The minimum absolute atomic E-state index is 0.0995. The zero-order valence-electron chi connectivity index (χ0n) is 12.4. The number of likely N-dealkylation sites (tertiary alicyclic amines) is 1. The van der Waals surface area contributed by atoms with Crippen molar-refractivity contribution in [3.05, 3.63) is 0 Å². The van der Waals surface area contributed by atoms with E-state index in [0.717, 1.165) is 38.6 Å². The SMILES string of the molecule is CC(C)(C)OC(=O)N1CCCCC1CC1(CO)CC1. The molecule has 0 radical (unpaired) electrons. The number of aliphatic hydroxyl groups excluding tert-OH is 1. The molecule has 1 amide bonds. The molecule has 2 rings (SSSR count). The van der Waals surface area contributed by atoms with E-state index in [4.69, 9.17) is 4.74 Å². The van der Waals surface area contributed by atoms with Gasteiger partial charge in [-0.25, -0.2) is 4.79 Å². The molecule has 4 heteroatoms. The summed E-state index contributed by atoms with van der Waals surface area (Å²) in [5, 5.41) is 9.46. The van der Waals surface area contributed by atoms with Crippen LogP contribution in [0.25, 0.3) is 0 Å². The van der Waals surface area contributed by atoms with Gasteiger partial charge in [-0.3, -0.25) is 0 Å². The molecule has 110 valence electrons. The highest BCUT2D eigenvalue weighted by Crippen LogP contribution is 2.50. The fourth-order valence-corrected chi connectivity index (χ4v) is 2.88. The molecule has 1 saturated carbocycles. The van der Waals surface area contributed by atoms with Gasteiger partial charge in [0, 0.05) is 19.2 Å². The van der Waals surface area contributed by atoms with Crippen molar-refractivity contribution in [1.82, 2.24) is 4.90 Å². The molecule has 2 aliphatic rings. The Morgan fingerprint density at radius 2 is 2.05 bits per heavy atom. The molecule has 1 aliphatic carbocycles. The van der Waals surface area contributed by atoms with Gasteiger partial charge in [-0.05, 0) is 64.7 Å². The summed E-state index contributed by atoms with van der Waals surface area (Å²) in [7, 11) is 0. The van der Waals surface area contributed by atoms with Crippen molar-refractivity contribution >= 4 is 6.09 Å². The second kappa shape index (κ2) is 5.31. The van der Waals surface area contributed by atoms with Gasteiger partial charge in [0.2, 0.25) is 0 Å². The first-order valence-corrected chi connectivity index (χ1v) is 7.46. The van der Waals surface area contributed by atoms with E-state index in [9.17, 15) is 9.90 Å². The lowest BCUT2D eigenvalue weighted by atomic mass is 9.91. The van der Waals surface area contributed by atoms with E-state index in [2.05, 4.69) is 0 Å². The van der Waals surface area contributed by atoms with Crippen LogP contribution in [0.1, 0.15) is 59.3 Å². The molecular formula is C15H27NO3. The van der Waals surface area contributed by atoms with Gasteiger partial charge in [-0.15, -0.1) is 0 Å². The van der Waals surface area contributed by atoms with E-state index in [-0.39, 0.29) is 24.2 Å². The Balaban J connectivity index is 1.97. The van der Waals surface area contributed by atoms with Crippen LogP contribution in [0.2, 0.25) is 0 Å². The van der Waals surface area contributed by atoms with Gasteiger partial charge < -0.3 is 14.7 Å².